The Kier molecular flexibility index (Phi) is 5.44. The van der Waals surface area contributed by atoms with E-state index in [4.69, 9.17) is 15.7 Å². The molecule has 0 radical (unpaired) electrons. The molecule has 1 fully saturated rings. The first-order valence-electron chi connectivity index (χ1n) is 11.5. The van der Waals surface area contributed by atoms with Crippen molar-refractivity contribution in [1.29, 1.82) is 0 Å². The first-order valence-corrected chi connectivity index (χ1v) is 12.6. The van der Waals surface area contributed by atoms with Crippen LogP contribution in [0, 0.1) is 0 Å². The summed E-state index contributed by atoms with van der Waals surface area (Å²) in [6, 6.07) is 20.1. The number of aliphatic hydroxyl groups is 1. The molecule has 0 amide bonds. The summed E-state index contributed by atoms with van der Waals surface area (Å²) >= 11 is 0. The van der Waals surface area contributed by atoms with Crippen LogP contribution in [-0.4, -0.2) is 45.1 Å². The quantitative estimate of drug-likeness (QED) is 0.302. The van der Waals surface area contributed by atoms with Crippen molar-refractivity contribution in [2.24, 2.45) is 0 Å². The van der Waals surface area contributed by atoms with Crippen molar-refractivity contribution in [3.8, 4) is 22.5 Å². The van der Waals surface area contributed by atoms with Crippen molar-refractivity contribution < 1.29 is 17.7 Å². The van der Waals surface area contributed by atoms with Crippen molar-refractivity contribution >= 4 is 33.2 Å². The topological polar surface area (TPSA) is 133 Å². The predicted octanol–water partition coefficient (Wildman–Crippen LogP) is 3.35. The van der Waals surface area contributed by atoms with Gasteiger partial charge in [0.1, 0.15) is 22.9 Å². The molecule has 3 heterocycles. The molecule has 5 aromatic rings. The fourth-order valence-corrected chi connectivity index (χ4v) is 5.29. The van der Waals surface area contributed by atoms with Gasteiger partial charge in [0.25, 0.3) is 11.0 Å². The lowest BCUT2D eigenvalue weighted by Gasteiger charge is -2.42. The molecule has 6 rings (SSSR count). The highest BCUT2D eigenvalue weighted by atomic mass is 32.2. The normalized spacial score (nSPS) is 19.7. The maximum atomic E-state index is 10.8. The summed E-state index contributed by atoms with van der Waals surface area (Å²) in [5.74, 6) is 0.990. The molecular weight excluding hydrogens is 478 g/mol. The van der Waals surface area contributed by atoms with Gasteiger partial charge in [-0.3, -0.25) is 8.58 Å². The minimum absolute atomic E-state index is 0.0885. The summed E-state index contributed by atoms with van der Waals surface area (Å²) in [4.78, 5) is 14.1. The molecule has 1 aliphatic rings. The number of benzene rings is 2. The highest BCUT2D eigenvalue weighted by Gasteiger charge is 2.46. The number of hydrogen-bond donors (Lipinski definition) is 3. The van der Waals surface area contributed by atoms with Gasteiger partial charge in [-0.2, -0.15) is 0 Å². The Morgan fingerprint density at radius 3 is 2.61 bits per heavy atom. The first kappa shape index (κ1) is 22.6. The zero-order valence-electron chi connectivity index (χ0n) is 19.1. The second-order valence-corrected chi connectivity index (χ2v) is 9.85. The van der Waals surface area contributed by atoms with Crippen molar-refractivity contribution in [1.82, 2.24) is 19.4 Å². The van der Waals surface area contributed by atoms with E-state index in [1.54, 1.807) is 12.4 Å². The maximum absolute atomic E-state index is 10.8. The number of pyridine rings is 1. The van der Waals surface area contributed by atoms with E-state index in [2.05, 4.69) is 9.17 Å². The molecule has 0 saturated heterocycles. The second kappa shape index (κ2) is 8.66. The molecule has 9 nitrogen and oxygen atoms in total. The van der Waals surface area contributed by atoms with Gasteiger partial charge in [-0.1, -0.05) is 48.5 Å². The summed E-state index contributed by atoms with van der Waals surface area (Å²) in [6.45, 7) is -0.262. The molecule has 182 valence electrons. The molecule has 1 saturated carbocycles. The highest BCUT2D eigenvalue weighted by Crippen LogP contribution is 2.46. The zero-order valence-corrected chi connectivity index (χ0v) is 20.0. The van der Waals surface area contributed by atoms with Crippen molar-refractivity contribution in [3.63, 3.8) is 0 Å². The Balaban J connectivity index is 1.40. The Labute approximate surface area is 208 Å². The van der Waals surface area contributed by atoms with Crippen LogP contribution < -0.4 is 5.73 Å². The van der Waals surface area contributed by atoms with Gasteiger partial charge in [0.05, 0.1) is 23.4 Å². The zero-order chi connectivity index (χ0) is 24.9. The van der Waals surface area contributed by atoms with Crippen LogP contribution >= 0.6 is 0 Å². The molecule has 3 aromatic heterocycles. The summed E-state index contributed by atoms with van der Waals surface area (Å²) in [6.07, 6.45) is 4.07. The molecule has 0 unspecified atom stereocenters. The average molecular weight is 502 g/mol. The van der Waals surface area contributed by atoms with E-state index in [9.17, 15) is 13.5 Å². The molecule has 0 spiro atoms. The highest BCUT2D eigenvalue weighted by molar-refractivity contribution is 7.67. The SMILES string of the molecule is Nc1nccn2c1c(-c1ccc3ccc(-c4ccccc4)nc3c1)nc2[C@H]1C[C@](O)(CO[SH](=O)=O)C1. The minimum atomic E-state index is -3.01. The number of rotatable bonds is 6. The Morgan fingerprint density at radius 2 is 1.83 bits per heavy atom. The fraction of sp³-hybridized carbons (Fsp3) is 0.192. The van der Waals surface area contributed by atoms with E-state index >= 15 is 0 Å². The molecule has 0 bridgehead atoms. The van der Waals surface area contributed by atoms with Crippen LogP contribution in [-0.2, 0) is 15.2 Å². The summed E-state index contributed by atoms with van der Waals surface area (Å²) in [7, 11) is -3.01. The number of aromatic nitrogens is 4. The molecule has 0 atom stereocenters. The summed E-state index contributed by atoms with van der Waals surface area (Å²) < 4.78 is 28.1. The summed E-state index contributed by atoms with van der Waals surface area (Å²) in [5.41, 5.74) is 10.1. The largest absolute Gasteiger partial charge is 0.387 e. The number of imidazole rings is 1. The Bertz CT molecular complexity index is 1670. The molecule has 0 aliphatic heterocycles. The smallest absolute Gasteiger partial charge is 0.257 e. The van der Waals surface area contributed by atoms with Gasteiger partial charge in [0, 0.05) is 34.8 Å². The van der Waals surface area contributed by atoms with Crippen molar-refractivity contribution in [3.05, 3.63) is 78.9 Å². The summed E-state index contributed by atoms with van der Waals surface area (Å²) in [5, 5.41) is 11.6. The van der Waals surface area contributed by atoms with Crippen LogP contribution in [0.5, 0.6) is 0 Å². The van der Waals surface area contributed by atoms with Gasteiger partial charge < -0.3 is 10.8 Å². The number of nitrogen functional groups attached to an aromatic ring is 1. The number of hydrogen-bond acceptors (Lipinski definition) is 8. The van der Waals surface area contributed by atoms with E-state index < -0.39 is 16.6 Å². The second-order valence-electron chi connectivity index (χ2n) is 9.15. The number of fused-ring (bicyclic) bond motifs is 2. The molecule has 10 heteroatoms. The van der Waals surface area contributed by atoms with Crippen LogP contribution in [0.25, 0.3) is 38.9 Å². The average Bonchev–Trinajstić information content (AvgIpc) is 3.26. The van der Waals surface area contributed by atoms with E-state index in [-0.39, 0.29) is 12.5 Å². The van der Waals surface area contributed by atoms with Crippen LogP contribution in [0.3, 0.4) is 0 Å². The lowest BCUT2D eigenvalue weighted by Crippen LogP contribution is -2.46. The van der Waals surface area contributed by atoms with Gasteiger partial charge >= 0.3 is 0 Å². The van der Waals surface area contributed by atoms with Crippen LogP contribution in [0.15, 0.2) is 73.1 Å². The van der Waals surface area contributed by atoms with Gasteiger partial charge in [-0.25, -0.2) is 23.4 Å². The first-order chi connectivity index (χ1) is 17.4. The number of thiol groups is 1. The number of anilines is 1. The Morgan fingerprint density at radius 1 is 1.06 bits per heavy atom. The van der Waals surface area contributed by atoms with E-state index in [0.29, 0.717) is 29.9 Å². The van der Waals surface area contributed by atoms with Gasteiger partial charge in [0.2, 0.25) is 0 Å². The van der Waals surface area contributed by atoms with Gasteiger partial charge in [0.15, 0.2) is 0 Å². The molecule has 1 aliphatic carbocycles. The van der Waals surface area contributed by atoms with Crippen molar-refractivity contribution in [2.75, 3.05) is 12.3 Å². The van der Waals surface area contributed by atoms with E-state index in [1.165, 1.54) is 0 Å². The molecule has 2 aromatic carbocycles. The Hall–Kier alpha value is -3.86. The van der Waals surface area contributed by atoms with E-state index in [0.717, 1.165) is 33.5 Å². The third kappa shape index (κ3) is 3.98. The fourth-order valence-electron chi connectivity index (χ4n) is 4.94. The van der Waals surface area contributed by atoms with Crippen LogP contribution in [0.2, 0.25) is 0 Å². The standard InChI is InChI=1S/C26H23N5O4S/c27-24-23-22(18-7-6-17-8-9-20(29-21(17)12-18)16-4-2-1-3-5-16)30-25(31(23)11-10-28-24)19-13-26(32,14-19)15-35-36(33)34/h1-12,19,32,36H,13-15H2,(H2,27,28)/t19-,26+. The minimum Gasteiger partial charge on any atom is -0.387 e. The van der Waals surface area contributed by atoms with Crippen molar-refractivity contribution in [2.45, 2.75) is 24.4 Å². The monoisotopic (exact) mass is 501 g/mol. The van der Waals surface area contributed by atoms with Gasteiger partial charge in [-0.15, -0.1) is 0 Å². The van der Waals surface area contributed by atoms with E-state index in [1.807, 2.05) is 65.1 Å². The molecule has 3 N–H and O–H groups in total. The van der Waals surface area contributed by atoms with Gasteiger partial charge in [-0.05, 0) is 25.0 Å². The third-order valence-electron chi connectivity index (χ3n) is 6.70. The third-order valence-corrected chi connectivity index (χ3v) is 7.04. The van der Waals surface area contributed by atoms with Crippen LogP contribution in [0.4, 0.5) is 5.82 Å². The lowest BCUT2D eigenvalue weighted by atomic mass is 9.71. The maximum Gasteiger partial charge on any atom is 0.257 e. The molecule has 36 heavy (non-hydrogen) atoms. The predicted molar refractivity (Wildman–Crippen MR) is 137 cm³/mol. The lowest BCUT2D eigenvalue weighted by molar-refractivity contribution is -0.0791. The number of nitrogens with zero attached hydrogens (tertiary/aromatic N) is 4. The molecular formula is C26H23N5O4S. The van der Waals surface area contributed by atoms with Crippen LogP contribution in [0.1, 0.15) is 24.6 Å². The number of nitrogens with two attached hydrogens (primary N) is 1.